The zero-order chi connectivity index (χ0) is 24.5. The van der Waals surface area contributed by atoms with Gasteiger partial charge in [0.25, 0.3) is 0 Å². The molecule has 21 heteroatoms. The van der Waals surface area contributed by atoms with Crippen molar-refractivity contribution in [1.82, 2.24) is 0 Å². The Kier molecular flexibility index (Phi) is 6.08. The molecule has 0 aliphatic heterocycles. The summed E-state index contributed by atoms with van der Waals surface area (Å²) in [5, 5.41) is -8.47. The van der Waals surface area contributed by atoms with Gasteiger partial charge in [-0.05, 0) is 0 Å². The molecule has 0 bridgehead atoms. The van der Waals surface area contributed by atoms with Crippen LogP contribution in [-0.2, 0) is 10.1 Å². The first kappa shape index (κ1) is 27.7. The molecule has 0 aromatic carbocycles. The average molecular weight is 500 g/mol. The Balaban J connectivity index is 7.65. The topological polar surface area (TPSA) is 54.4 Å². The lowest BCUT2D eigenvalue weighted by Gasteiger charge is -2.46. The molecule has 3 nitrogen and oxygen atoms in total. The van der Waals surface area contributed by atoms with Crippen molar-refractivity contribution in [3.05, 3.63) is 0 Å². The maximum Gasteiger partial charge on any atom is 0.460 e. The minimum atomic E-state index is -9.20. The Morgan fingerprint density at radius 2 is 0.759 bits per heavy atom. The summed E-state index contributed by atoms with van der Waals surface area (Å²) in [7, 11) is -8.51. The van der Waals surface area contributed by atoms with Gasteiger partial charge in [0.2, 0.25) is 0 Å². The SMILES string of the molecule is O=S(=O)(O)C(F)(C(F)(F)F)C(F)(F)C(F)(C(F)(F)F)C(F)(F)C(F)(F)C(F)(F)F. The van der Waals surface area contributed by atoms with Crippen LogP contribution in [0.5, 0.6) is 0 Å². The molecule has 0 aliphatic rings. The largest absolute Gasteiger partial charge is 0.460 e. The Morgan fingerprint density at radius 1 is 0.448 bits per heavy atom. The minimum absolute atomic E-state index is 7.87. The van der Waals surface area contributed by atoms with Gasteiger partial charge in [-0.3, -0.25) is 4.55 Å². The van der Waals surface area contributed by atoms with Crippen LogP contribution in [-0.4, -0.2) is 59.9 Å². The second-order valence-electron chi connectivity index (χ2n) is 4.95. The highest BCUT2D eigenvalue weighted by Crippen LogP contribution is 2.66. The monoisotopic (exact) mass is 500 g/mol. The first-order chi connectivity index (χ1) is 12.0. The van der Waals surface area contributed by atoms with Crippen LogP contribution >= 0.6 is 0 Å². The van der Waals surface area contributed by atoms with E-state index in [2.05, 4.69) is 0 Å². The van der Waals surface area contributed by atoms with Gasteiger partial charge in [0.15, 0.2) is 0 Å². The molecule has 0 fully saturated rings. The highest BCUT2D eigenvalue weighted by Gasteiger charge is 3.00. The van der Waals surface area contributed by atoms with Gasteiger partial charge in [0, 0.05) is 0 Å². The number of alkyl halides is 17. The van der Waals surface area contributed by atoms with E-state index >= 15 is 0 Å². The smallest absolute Gasteiger partial charge is 0.283 e. The maximum absolute atomic E-state index is 13.7. The molecule has 0 saturated carbocycles. The van der Waals surface area contributed by atoms with E-state index in [1.165, 1.54) is 0 Å². The molecule has 2 atom stereocenters. The Morgan fingerprint density at radius 3 is 0.931 bits per heavy atom. The summed E-state index contributed by atoms with van der Waals surface area (Å²) in [6.45, 7) is 0. The Bertz CT molecular complexity index is 729. The van der Waals surface area contributed by atoms with Crippen LogP contribution in [0.25, 0.3) is 0 Å². The van der Waals surface area contributed by atoms with E-state index in [-0.39, 0.29) is 0 Å². The van der Waals surface area contributed by atoms with E-state index in [1.807, 2.05) is 0 Å². The standard InChI is InChI=1S/C8HF17O3S/c9-1(6(17,18)19,2(10,11)4(14,15)7(20,21)22)3(12,13)5(16,8(23,24)25)29(26,27)28/h(H,26,27,28). The van der Waals surface area contributed by atoms with Crippen molar-refractivity contribution in [3.63, 3.8) is 0 Å². The zero-order valence-corrected chi connectivity index (χ0v) is 12.9. The van der Waals surface area contributed by atoms with Crippen molar-refractivity contribution in [2.24, 2.45) is 0 Å². The van der Waals surface area contributed by atoms with Crippen molar-refractivity contribution in [3.8, 4) is 0 Å². The lowest BCUT2D eigenvalue weighted by molar-refractivity contribution is -0.454. The fraction of sp³-hybridized carbons (Fsp3) is 1.00. The van der Waals surface area contributed by atoms with Gasteiger partial charge in [0.05, 0.1) is 0 Å². The second kappa shape index (κ2) is 6.36. The molecule has 0 aliphatic carbocycles. The number of hydrogen-bond acceptors (Lipinski definition) is 2. The van der Waals surface area contributed by atoms with Gasteiger partial charge in [-0.25, -0.2) is 8.78 Å². The molecular weight excluding hydrogens is 499 g/mol. The molecular formula is C8HF17O3S. The summed E-state index contributed by atoms with van der Waals surface area (Å²) in [6.07, 6.45) is -24.9. The summed E-state index contributed by atoms with van der Waals surface area (Å²) in [4.78, 5) is 0. The van der Waals surface area contributed by atoms with Gasteiger partial charge in [-0.2, -0.15) is 74.3 Å². The van der Waals surface area contributed by atoms with E-state index < -0.39 is 57.1 Å². The lowest BCUT2D eigenvalue weighted by atomic mass is 9.82. The molecule has 29 heavy (non-hydrogen) atoms. The first-order valence-electron chi connectivity index (χ1n) is 5.68. The number of halogens is 17. The van der Waals surface area contributed by atoms with Crippen LogP contribution in [0.15, 0.2) is 0 Å². The fourth-order valence-electron chi connectivity index (χ4n) is 1.66. The Labute approximate surface area is 146 Å². The molecule has 0 rings (SSSR count). The average Bonchev–Trinajstić information content (AvgIpc) is 2.39. The Hall–Kier alpha value is -1.28. The number of hydrogen-bond donors (Lipinski definition) is 1. The molecule has 0 aromatic rings. The van der Waals surface area contributed by atoms with Crippen LogP contribution in [0, 0.1) is 0 Å². The number of rotatable bonds is 5. The highest BCUT2D eigenvalue weighted by atomic mass is 32.2. The van der Waals surface area contributed by atoms with Crippen molar-refractivity contribution in [1.29, 1.82) is 0 Å². The molecule has 0 heterocycles. The second-order valence-corrected chi connectivity index (χ2v) is 6.46. The predicted octanol–water partition coefficient (Wildman–Crippen LogP) is 4.84. The van der Waals surface area contributed by atoms with E-state index in [0.717, 1.165) is 0 Å². The molecule has 0 amide bonds. The highest BCUT2D eigenvalue weighted by molar-refractivity contribution is 7.87. The van der Waals surface area contributed by atoms with Crippen LogP contribution < -0.4 is 0 Å². The zero-order valence-electron chi connectivity index (χ0n) is 12.1. The van der Waals surface area contributed by atoms with Gasteiger partial charge < -0.3 is 0 Å². The summed E-state index contributed by atoms with van der Waals surface area (Å²) in [6, 6.07) is 0. The van der Waals surface area contributed by atoms with Crippen LogP contribution in [0.3, 0.4) is 0 Å². The normalized spacial score (nSPS) is 20.2. The predicted molar refractivity (Wildman–Crippen MR) is 52.2 cm³/mol. The first-order valence-corrected chi connectivity index (χ1v) is 7.12. The third kappa shape index (κ3) is 3.26. The van der Waals surface area contributed by atoms with Crippen LogP contribution in [0.1, 0.15) is 0 Å². The molecule has 2 unspecified atom stereocenters. The van der Waals surface area contributed by atoms with Crippen molar-refractivity contribution < 1.29 is 87.6 Å². The van der Waals surface area contributed by atoms with E-state index in [0.29, 0.717) is 0 Å². The molecule has 0 aromatic heterocycles. The third-order valence-corrected chi connectivity index (χ3v) is 4.33. The molecule has 0 saturated heterocycles. The van der Waals surface area contributed by atoms with Crippen molar-refractivity contribution in [2.75, 3.05) is 0 Å². The molecule has 1 N–H and O–H groups in total. The van der Waals surface area contributed by atoms with E-state index in [1.54, 1.807) is 0 Å². The molecule has 0 spiro atoms. The summed E-state index contributed by atoms with van der Waals surface area (Å²) in [5.41, 5.74) is -9.20. The third-order valence-electron chi connectivity index (χ3n) is 3.13. The van der Waals surface area contributed by atoms with Crippen molar-refractivity contribution in [2.45, 2.75) is 47.0 Å². The molecule has 0 radical (unpaired) electrons. The fourth-order valence-corrected chi connectivity index (χ4v) is 2.41. The van der Waals surface area contributed by atoms with Gasteiger partial charge in [-0.1, -0.05) is 0 Å². The van der Waals surface area contributed by atoms with Crippen molar-refractivity contribution >= 4 is 10.1 Å². The minimum Gasteiger partial charge on any atom is -0.283 e. The van der Waals surface area contributed by atoms with E-state index in [9.17, 15) is 83.1 Å². The molecule has 176 valence electrons. The summed E-state index contributed by atoms with van der Waals surface area (Å²) in [5.74, 6) is -26.7. The van der Waals surface area contributed by atoms with Gasteiger partial charge in [-0.15, -0.1) is 0 Å². The quantitative estimate of drug-likeness (QED) is 0.435. The van der Waals surface area contributed by atoms with Gasteiger partial charge >= 0.3 is 57.1 Å². The van der Waals surface area contributed by atoms with Crippen LogP contribution in [0.2, 0.25) is 0 Å². The summed E-state index contributed by atoms with van der Waals surface area (Å²) >= 11 is 0. The summed E-state index contributed by atoms with van der Waals surface area (Å²) < 4.78 is 245. The van der Waals surface area contributed by atoms with E-state index in [4.69, 9.17) is 4.55 Å². The lowest BCUT2D eigenvalue weighted by Crippen LogP contribution is -2.80. The van der Waals surface area contributed by atoms with Gasteiger partial charge in [0.1, 0.15) is 0 Å². The maximum atomic E-state index is 13.7. The van der Waals surface area contributed by atoms with Crippen LogP contribution in [0.4, 0.5) is 74.6 Å².